The minimum atomic E-state index is 0.119. The molecule has 1 fully saturated rings. The largest absolute Gasteiger partial charge is 0.381 e. The minimum absolute atomic E-state index is 0.119. The molecule has 5 nitrogen and oxygen atoms in total. The van der Waals surface area contributed by atoms with Gasteiger partial charge in [0.05, 0.1) is 6.10 Å². The Morgan fingerprint density at radius 2 is 2.05 bits per heavy atom. The van der Waals surface area contributed by atoms with Crippen molar-refractivity contribution < 1.29 is 4.74 Å². The van der Waals surface area contributed by atoms with Crippen LogP contribution in [-0.4, -0.2) is 34.2 Å². The highest BCUT2D eigenvalue weighted by molar-refractivity contribution is 5.71. The van der Waals surface area contributed by atoms with Crippen LogP contribution in [0, 0.1) is 5.41 Å². The second-order valence-corrected chi connectivity index (χ2v) is 5.57. The summed E-state index contributed by atoms with van der Waals surface area (Å²) >= 11 is 0. The van der Waals surface area contributed by atoms with Gasteiger partial charge in [0, 0.05) is 31.0 Å². The molecule has 0 radical (unpaired) electrons. The number of rotatable bonds is 3. The van der Waals surface area contributed by atoms with Crippen LogP contribution in [0.5, 0.6) is 0 Å². The molecular formula is C14H18N4O. The molecular weight excluding hydrogens is 240 g/mol. The highest BCUT2D eigenvalue weighted by Gasteiger charge is 2.48. The number of pyridine rings is 1. The Morgan fingerprint density at radius 1 is 1.26 bits per heavy atom. The van der Waals surface area contributed by atoms with Crippen molar-refractivity contribution in [2.24, 2.45) is 5.41 Å². The Bertz CT molecular complexity index is 599. The van der Waals surface area contributed by atoms with Gasteiger partial charge in [0.1, 0.15) is 11.3 Å². The molecule has 0 aliphatic heterocycles. The van der Waals surface area contributed by atoms with E-state index in [1.54, 1.807) is 19.5 Å². The number of nitrogens with zero attached hydrogens (tertiary/aromatic N) is 3. The van der Waals surface area contributed by atoms with Gasteiger partial charge >= 0.3 is 0 Å². The van der Waals surface area contributed by atoms with E-state index in [0.717, 1.165) is 17.8 Å². The summed E-state index contributed by atoms with van der Waals surface area (Å²) < 4.78 is 5.46. The molecule has 0 bridgehead atoms. The molecule has 1 saturated carbocycles. The number of methoxy groups -OCH3 is 1. The normalized spacial score (nSPS) is 25.0. The number of hydrogen-bond acceptors (Lipinski definition) is 5. The lowest BCUT2D eigenvalue weighted by Crippen LogP contribution is -2.57. The van der Waals surface area contributed by atoms with Crippen molar-refractivity contribution in [3.8, 4) is 0 Å². The van der Waals surface area contributed by atoms with Gasteiger partial charge in [-0.2, -0.15) is 0 Å². The molecule has 2 atom stereocenters. The van der Waals surface area contributed by atoms with Crippen LogP contribution in [0.3, 0.4) is 0 Å². The van der Waals surface area contributed by atoms with E-state index in [-0.39, 0.29) is 5.41 Å². The van der Waals surface area contributed by atoms with Crippen LogP contribution in [0.4, 0.5) is 5.82 Å². The molecule has 5 heteroatoms. The molecule has 0 spiro atoms. The van der Waals surface area contributed by atoms with Crippen molar-refractivity contribution in [1.82, 2.24) is 15.0 Å². The monoisotopic (exact) mass is 258 g/mol. The summed E-state index contributed by atoms with van der Waals surface area (Å²) in [7, 11) is 1.77. The van der Waals surface area contributed by atoms with Crippen LogP contribution in [0.1, 0.15) is 20.3 Å². The Hall–Kier alpha value is -1.75. The van der Waals surface area contributed by atoms with Crippen LogP contribution < -0.4 is 5.32 Å². The lowest BCUT2D eigenvalue weighted by Gasteiger charge is -2.51. The summed E-state index contributed by atoms with van der Waals surface area (Å²) in [5, 5.41) is 3.47. The minimum Gasteiger partial charge on any atom is -0.381 e. The number of anilines is 1. The first-order valence-electron chi connectivity index (χ1n) is 6.48. The van der Waals surface area contributed by atoms with E-state index in [1.165, 1.54) is 0 Å². The van der Waals surface area contributed by atoms with Gasteiger partial charge in [-0.25, -0.2) is 9.97 Å². The first-order valence-corrected chi connectivity index (χ1v) is 6.48. The number of hydrogen-bond donors (Lipinski definition) is 1. The zero-order chi connectivity index (χ0) is 13.5. The molecule has 3 rings (SSSR count). The summed E-state index contributed by atoms with van der Waals surface area (Å²) in [6.45, 7) is 4.42. The number of fused-ring (bicyclic) bond motifs is 1. The van der Waals surface area contributed by atoms with E-state index in [9.17, 15) is 0 Å². The zero-order valence-electron chi connectivity index (χ0n) is 11.4. The standard InChI is InChI=1S/C14H18N4O/c1-14(2)10(8-11(14)19-3)17-12-5-4-9-13(18-12)16-7-6-15-9/h4-7,10-11H,8H2,1-3H3,(H,16,17,18). The van der Waals surface area contributed by atoms with Crippen molar-refractivity contribution in [3.63, 3.8) is 0 Å². The molecule has 2 unspecified atom stereocenters. The first kappa shape index (κ1) is 12.3. The molecule has 1 N–H and O–H groups in total. The number of aromatic nitrogens is 3. The van der Waals surface area contributed by atoms with Gasteiger partial charge in [0.15, 0.2) is 5.65 Å². The van der Waals surface area contributed by atoms with Gasteiger partial charge in [0.25, 0.3) is 0 Å². The number of nitrogens with one attached hydrogen (secondary N) is 1. The van der Waals surface area contributed by atoms with Crippen molar-refractivity contribution in [2.45, 2.75) is 32.4 Å². The predicted octanol–water partition coefficient (Wildman–Crippen LogP) is 2.25. The lowest BCUT2D eigenvalue weighted by atomic mass is 9.64. The van der Waals surface area contributed by atoms with E-state index in [2.05, 4.69) is 34.1 Å². The van der Waals surface area contributed by atoms with Crippen molar-refractivity contribution in [3.05, 3.63) is 24.5 Å². The average Bonchev–Trinajstić information content (AvgIpc) is 2.42. The molecule has 100 valence electrons. The van der Waals surface area contributed by atoms with E-state index in [4.69, 9.17) is 4.74 Å². The van der Waals surface area contributed by atoms with Gasteiger partial charge in [-0.3, -0.25) is 4.98 Å². The molecule has 1 aliphatic carbocycles. The summed E-state index contributed by atoms with van der Waals surface area (Å²) in [5.74, 6) is 0.848. The van der Waals surface area contributed by atoms with Crippen LogP contribution >= 0.6 is 0 Å². The SMILES string of the molecule is COC1CC(Nc2ccc3nccnc3n2)C1(C)C. The van der Waals surface area contributed by atoms with Gasteiger partial charge in [-0.15, -0.1) is 0 Å². The quantitative estimate of drug-likeness (QED) is 0.915. The third kappa shape index (κ3) is 2.04. The topological polar surface area (TPSA) is 59.9 Å². The maximum Gasteiger partial charge on any atom is 0.180 e. The second-order valence-electron chi connectivity index (χ2n) is 5.57. The Kier molecular flexibility index (Phi) is 2.86. The van der Waals surface area contributed by atoms with Crippen molar-refractivity contribution >= 4 is 17.0 Å². The van der Waals surface area contributed by atoms with Crippen LogP contribution in [0.15, 0.2) is 24.5 Å². The Morgan fingerprint density at radius 3 is 2.79 bits per heavy atom. The molecule has 2 aromatic rings. The van der Waals surface area contributed by atoms with Gasteiger partial charge in [-0.1, -0.05) is 13.8 Å². The molecule has 19 heavy (non-hydrogen) atoms. The summed E-state index contributed by atoms with van der Waals surface area (Å²) in [6, 6.07) is 4.27. The summed E-state index contributed by atoms with van der Waals surface area (Å²) in [4.78, 5) is 12.9. The van der Waals surface area contributed by atoms with E-state index in [0.29, 0.717) is 17.8 Å². The first-order chi connectivity index (χ1) is 9.11. The van der Waals surface area contributed by atoms with E-state index in [1.807, 2.05) is 12.1 Å². The molecule has 0 saturated heterocycles. The van der Waals surface area contributed by atoms with Crippen molar-refractivity contribution in [1.29, 1.82) is 0 Å². The van der Waals surface area contributed by atoms with Crippen molar-refractivity contribution in [2.75, 3.05) is 12.4 Å². The Labute approximate surface area is 112 Å². The molecule has 2 aromatic heterocycles. The summed E-state index contributed by atoms with van der Waals surface area (Å²) in [5.41, 5.74) is 1.61. The third-order valence-corrected chi connectivity index (χ3v) is 4.12. The molecule has 2 heterocycles. The zero-order valence-corrected chi connectivity index (χ0v) is 11.4. The predicted molar refractivity (Wildman–Crippen MR) is 73.9 cm³/mol. The number of ether oxygens (including phenoxy) is 1. The van der Waals surface area contributed by atoms with Gasteiger partial charge in [0.2, 0.25) is 0 Å². The van der Waals surface area contributed by atoms with Crippen LogP contribution in [0.25, 0.3) is 11.2 Å². The lowest BCUT2D eigenvalue weighted by molar-refractivity contribution is -0.0795. The molecule has 0 aromatic carbocycles. The van der Waals surface area contributed by atoms with Gasteiger partial charge in [-0.05, 0) is 18.6 Å². The maximum atomic E-state index is 5.46. The smallest absolute Gasteiger partial charge is 0.180 e. The van der Waals surface area contributed by atoms with Gasteiger partial charge < -0.3 is 10.1 Å². The fourth-order valence-corrected chi connectivity index (χ4v) is 2.64. The highest BCUT2D eigenvalue weighted by Crippen LogP contribution is 2.43. The third-order valence-electron chi connectivity index (χ3n) is 4.12. The van der Waals surface area contributed by atoms with E-state index < -0.39 is 0 Å². The Balaban J connectivity index is 1.79. The molecule has 0 amide bonds. The van der Waals surface area contributed by atoms with Crippen LogP contribution in [0.2, 0.25) is 0 Å². The highest BCUT2D eigenvalue weighted by atomic mass is 16.5. The maximum absolute atomic E-state index is 5.46. The molecule has 1 aliphatic rings. The average molecular weight is 258 g/mol. The summed E-state index contributed by atoms with van der Waals surface area (Å²) in [6.07, 6.45) is 4.65. The van der Waals surface area contributed by atoms with Crippen LogP contribution in [-0.2, 0) is 4.74 Å². The fraction of sp³-hybridized carbons (Fsp3) is 0.500. The second kappa shape index (κ2) is 4.42. The fourth-order valence-electron chi connectivity index (χ4n) is 2.64. The van der Waals surface area contributed by atoms with E-state index >= 15 is 0 Å².